The Labute approximate surface area is 219 Å². The lowest BCUT2D eigenvalue weighted by Crippen LogP contribution is -2.20. The third kappa shape index (κ3) is 6.99. The van der Waals surface area contributed by atoms with Gasteiger partial charge in [-0.2, -0.15) is 5.26 Å². The Morgan fingerprint density at radius 1 is 0.971 bits per heavy atom. The van der Waals surface area contributed by atoms with E-state index in [1.54, 1.807) is 54.6 Å². The molecular weight excluding hydrogens is 565 g/mol. The summed E-state index contributed by atoms with van der Waals surface area (Å²) in [5.41, 5.74) is 1.35. The molecule has 0 saturated heterocycles. The van der Waals surface area contributed by atoms with Crippen LogP contribution in [0.15, 0.2) is 70.7 Å². The van der Waals surface area contributed by atoms with E-state index in [0.717, 1.165) is 0 Å². The van der Waals surface area contributed by atoms with Gasteiger partial charge < -0.3 is 15.4 Å². The van der Waals surface area contributed by atoms with Crippen molar-refractivity contribution in [3.05, 3.63) is 91.3 Å². The van der Waals surface area contributed by atoms with Crippen molar-refractivity contribution in [3.63, 3.8) is 0 Å². The summed E-state index contributed by atoms with van der Waals surface area (Å²) in [5.74, 6) is -0.580. The first kappa shape index (κ1) is 25.6. The second kappa shape index (κ2) is 11.9. The lowest BCUT2D eigenvalue weighted by atomic mass is 10.1. The number of carbonyl (C=O) groups excluding carboxylic acids is 2. The van der Waals surface area contributed by atoms with Gasteiger partial charge in [0, 0.05) is 5.69 Å². The number of para-hydroxylation sites is 1. The molecule has 172 valence electrons. The van der Waals surface area contributed by atoms with Gasteiger partial charge in [0.25, 0.3) is 11.8 Å². The van der Waals surface area contributed by atoms with Crippen LogP contribution in [-0.4, -0.2) is 18.4 Å². The van der Waals surface area contributed by atoms with Crippen LogP contribution in [0, 0.1) is 11.3 Å². The first-order chi connectivity index (χ1) is 16.3. The quantitative estimate of drug-likeness (QED) is 0.234. The molecule has 0 aliphatic heterocycles. The highest BCUT2D eigenvalue weighted by molar-refractivity contribution is 9.10. The zero-order valence-corrected chi connectivity index (χ0v) is 21.1. The summed E-state index contributed by atoms with van der Waals surface area (Å²) >= 11 is 21.2. The molecule has 3 aromatic rings. The number of amides is 2. The zero-order chi connectivity index (χ0) is 24.7. The minimum absolute atomic E-state index is 0.110. The van der Waals surface area contributed by atoms with E-state index >= 15 is 0 Å². The number of hydrogen-bond acceptors (Lipinski definition) is 4. The number of benzene rings is 3. The van der Waals surface area contributed by atoms with Gasteiger partial charge in [-0.15, -0.1) is 0 Å². The second-order valence-corrected chi connectivity index (χ2v) is 8.84. The van der Waals surface area contributed by atoms with E-state index in [4.69, 9.17) is 39.5 Å². The van der Waals surface area contributed by atoms with Crippen LogP contribution in [0.25, 0.3) is 6.08 Å². The number of halogens is 4. The maximum atomic E-state index is 12.5. The van der Waals surface area contributed by atoms with E-state index < -0.39 is 11.8 Å². The van der Waals surface area contributed by atoms with Gasteiger partial charge in [0.2, 0.25) is 0 Å². The molecule has 0 heterocycles. The Morgan fingerprint density at radius 3 is 2.41 bits per heavy atom. The number of carbonyl (C=O) groups is 2. The molecule has 3 rings (SSSR count). The summed E-state index contributed by atoms with van der Waals surface area (Å²) in [6.45, 7) is -0.252. The van der Waals surface area contributed by atoms with Crippen molar-refractivity contribution < 1.29 is 14.3 Å². The Balaban J connectivity index is 1.64. The monoisotopic (exact) mass is 577 g/mol. The van der Waals surface area contributed by atoms with Crippen molar-refractivity contribution in [1.29, 1.82) is 5.26 Å². The molecule has 10 heteroatoms. The Kier molecular flexibility index (Phi) is 8.97. The van der Waals surface area contributed by atoms with Gasteiger partial charge in [0.1, 0.15) is 17.4 Å². The van der Waals surface area contributed by atoms with Crippen LogP contribution in [-0.2, 0) is 9.59 Å². The summed E-state index contributed by atoms with van der Waals surface area (Å²) in [4.78, 5) is 24.6. The number of anilines is 2. The molecule has 3 aromatic carbocycles. The van der Waals surface area contributed by atoms with Crippen LogP contribution in [0.5, 0.6) is 5.75 Å². The van der Waals surface area contributed by atoms with E-state index in [-0.39, 0.29) is 12.2 Å². The molecule has 0 unspecified atom stereocenters. The molecule has 34 heavy (non-hydrogen) atoms. The largest absolute Gasteiger partial charge is 0.483 e. The van der Waals surface area contributed by atoms with Crippen LogP contribution < -0.4 is 15.4 Å². The number of nitrogens with one attached hydrogen (secondary N) is 2. The molecule has 6 nitrogen and oxygen atoms in total. The van der Waals surface area contributed by atoms with Gasteiger partial charge in [0.05, 0.1) is 25.2 Å². The standard InChI is InChI=1S/C24H15BrCl3N3O3/c25-17-10-14(9-15(12-29)24(33)31-21-4-2-1-3-19(21)27)5-8-22(17)34-13-23(32)30-16-6-7-18(26)20(28)11-16/h1-11H,13H2,(H,30,32)(H,31,33)/b15-9+. The second-order valence-electron chi connectivity index (χ2n) is 6.76. The summed E-state index contributed by atoms with van der Waals surface area (Å²) < 4.78 is 6.09. The number of nitrogens with zero attached hydrogens (tertiary/aromatic N) is 1. The SMILES string of the molecule is N#C/C(=C\c1ccc(OCC(=O)Nc2ccc(Cl)c(Cl)c2)c(Br)c1)C(=O)Nc1ccccc1Cl. The van der Waals surface area contributed by atoms with E-state index in [1.165, 1.54) is 12.1 Å². The Morgan fingerprint density at radius 2 is 1.74 bits per heavy atom. The molecule has 0 aliphatic carbocycles. The highest BCUT2D eigenvalue weighted by Crippen LogP contribution is 2.28. The van der Waals surface area contributed by atoms with Crippen LogP contribution in [0.4, 0.5) is 11.4 Å². The van der Waals surface area contributed by atoms with E-state index in [0.29, 0.717) is 42.2 Å². The first-order valence-electron chi connectivity index (χ1n) is 9.61. The van der Waals surface area contributed by atoms with Crippen LogP contribution in [0.2, 0.25) is 15.1 Å². The average molecular weight is 580 g/mol. The molecule has 0 aromatic heterocycles. The van der Waals surface area contributed by atoms with Crippen molar-refractivity contribution in [3.8, 4) is 11.8 Å². The molecule has 0 atom stereocenters. The molecule has 0 aliphatic rings. The van der Waals surface area contributed by atoms with Crippen molar-refractivity contribution in [2.75, 3.05) is 17.2 Å². The van der Waals surface area contributed by atoms with Gasteiger partial charge in [-0.05, 0) is 70.0 Å². The zero-order valence-electron chi connectivity index (χ0n) is 17.2. The Bertz CT molecular complexity index is 1320. The highest BCUT2D eigenvalue weighted by atomic mass is 79.9. The van der Waals surface area contributed by atoms with Gasteiger partial charge in [-0.3, -0.25) is 9.59 Å². The summed E-state index contributed by atoms with van der Waals surface area (Å²) in [6.07, 6.45) is 1.43. The van der Waals surface area contributed by atoms with Crippen molar-refractivity contribution in [2.24, 2.45) is 0 Å². The summed E-state index contributed by atoms with van der Waals surface area (Å²) in [5, 5.41) is 15.8. The normalized spacial score (nSPS) is 10.9. The third-order valence-electron chi connectivity index (χ3n) is 4.32. The summed E-state index contributed by atoms with van der Waals surface area (Å²) in [7, 11) is 0. The van der Waals surface area contributed by atoms with Gasteiger partial charge in [-0.25, -0.2) is 0 Å². The molecule has 2 amide bonds. The number of nitriles is 1. The smallest absolute Gasteiger partial charge is 0.266 e. The minimum Gasteiger partial charge on any atom is -0.483 e. The van der Waals surface area contributed by atoms with Crippen LogP contribution in [0.1, 0.15) is 5.56 Å². The van der Waals surface area contributed by atoms with Gasteiger partial charge in [0.15, 0.2) is 6.61 Å². The topological polar surface area (TPSA) is 91.2 Å². The van der Waals surface area contributed by atoms with Crippen molar-refractivity contribution in [2.45, 2.75) is 0 Å². The number of rotatable bonds is 7. The van der Waals surface area contributed by atoms with Crippen LogP contribution in [0.3, 0.4) is 0 Å². The average Bonchev–Trinajstić information content (AvgIpc) is 2.80. The Hall–Kier alpha value is -3.02. The molecule has 0 radical (unpaired) electrons. The fourth-order valence-electron chi connectivity index (χ4n) is 2.71. The molecular formula is C24H15BrCl3N3O3. The summed E-state index contributed by atoms with van der Waals surface area (Å²) in [6, 6.07) is 18.3. The fraction of sp³-hybridized carbons (Fsp3) is 0.0417. The molecule has 0 spiro atoms. The number of hydrogen-bond donors (Lipinski definition) is 2. The molecule has 2 N–H and O–H groups in total. The van der Waals surface area contributed by atoms with E-state index in [2.05, 4.69) is 26.6 Å². The lowest BCUT2D eigenvalue weighted by molar-refractivity contribution is -0.118. The van der Waals surface area contributed by atoms with E-state index in [1.807, 2.05) is 6.07 Å². The molecule has 0 bridgehead atoms. The third-order valence-corrected chi connectivity index (χ3v) is 6.00. The molecule has 0 saturated carbocycles. The predicted octanol–water partition coefficient (Wildman–Crippen LogP) is 6.97. The predicted molar refractivity (Wildman–Crippen MR) is 138 cm³/mol. The first-order valence-corrected chi connectivity index (χ1v) is 11.5. The minimum atomic E-state index is -0.592. The van der Waals surface area contributed by atoms with Crippen LogP contribution >= 0.6 is 50.7 Å². The number of ether oxygens (including phenoxy) is 1. The maximum absolute atomic E-state index is 12.5. The lowest BCUT2D eigenvalue weighted by Gasteiger charge is -2.10. The van der Waals surface area contributed by atoms with Gasteiger partial charge >= 0.3 is 0 Å². The van der Waals surface area contributed by atoms with Crippen molar-refractivity contribution >= 4 is 80.0 Å². The van der Waals surface area contributed by atoms with Gasteiger partial charge in [-0.1, -0.05) is 53.0 Å². The van der Waals surface area contributed by atoms with E-state index in [9.17, 15) is 14.9 Å². The molecule has 0 fully saturated rings. The maximum Gasteiger partial charge on any atom is 0.266 e. The van der Waals surface area contributed by atoms with Crippen molar-refractivity contribution in [1.82, 2.24) is 0 Å². The highest BCUT2D eigenvalue weighted by Gasteiger charge is 2.12. The fourth-order valence-corrected chi connectivity index (χ4v) is 3.70.